The number of nitrogen functional groups attached to an aromatic ring is 1. The highest BCUT2D eigenvalue weighted by Crippen LogP contribution is 2.30. The van der Waals surface area contributed by atoms with Crippen LogP contribution < -0.4 is 5.73 Å². The van der Waals surface area contributed by atoms with Gasteiger partial charge in [0.25, 0.3) is 0 Å². The van der Waals surface area contributed by atoms with E-state index in [0.29, 0.717) is 21.8 Å². The molecule has 0 aliphatic carbocycles. The van der Waals surface area contributed by atoms with Gasteiger partial charge in [0.1, 0.15) is 16.1 Å². The summed E-state index contributed by atoms with van der Waals surface area (Å²) >= 11 is 3.33. The fraction of sp³-hybridized carbons (Fsp3) is 0.100. The van der Waals surface area contributed by atoms with Gasteiger partial charge in [-0.1, -0.05) is 12.1 Å². The number of hydrogen-bond donors (Lipinski definition) is 1. The summed E-state index contributed by atoms with van der Waals surface area (Å²) in [4.78, 5) is 4.09. The lowest BCUT2D eigenvalue weighted by Gasteiger charge is -1.99. The van der Waals surface area contributed by atoms with Crippen LogP contribution in [-0.4, -0.2) is 9.55 Å². The predicted octanol–water partition coefficient (Wildman–Crippen LogP) is 2.57. The summed E-state index contributed by atoms with van der Waals surface area (Å²) in [5.74, 6) is 0.0384. The van der Waals surface area contributed by atoms with Crippen molar-refractivity contribution in [2.24, 2.45) is 7.05 Å². The van der Waals surface area contributed by atoms with Crippen molar-refractivity contribution in [3.8, 4) is 11.3 Å². The van der Waals surface area contributed by atoms with Crippen molar-refractivity contribution in [1.29, 1.82) is 0 Å². The molecule has 0 unspecified atom stereocenters. The van der Waals surface area contributed by atoms with E-state index in [2.05, 4.69) is 20.9 Å². The largest absolute Gasteiger partial charge is 0.369 e. The van der Waals surface area contributed by atoms with E-state index in [-0.39, 0.29) is 5.82 Å². The topological polar surface area (TPSA) is 43.8 Å². The lowest BCUT2D eigenvalue weighted by Crippen LogP contribution is -1.96. The second kappa shape index (κ2) is 3.66. The van der Waals surface area contributed by atoms with Crippen molar-refractivity contribution >= 4 is 21.9 Å². The summed E-state index contributed by atoms with van der Waals surface area (Å²) in [5, 5.41) is 0. The molecule has 0 aliphatic rings. The number of nitrogens with zero attached hydrogens (tertiary/aromatic N) is 2. The molecule has 0 spiro atoms. The Kier molecular flexibility index (Phi) is 2.48. The molecular weight excluding hydrogens is 261 g/mol. The molecule has 5 heteroatoms. The quantitative estimate of drug-likeness (QED) is 0.865. The number of imidazole rings is 1. The van der Waals surface area contributed by atoms with Crippen molar-refractivity contribution in [3.05, 3.63) is 34.7 Å². The number of rotatable bonds is 1. The maximum absolute atomic E-state index is 13.5. The van der Waals surface area contributed by atoms with Crippen molar-refractivity contribution < 1.29 is 4.39 Å². The van der Waals surface area contributed by atoms with Crippen LogP contribution in [0.15, 0.2) is 28.9 Å². The fourth-order valence-corrected chi connectivity index (χ4v) is 1.80. The Bertz CT molecular complexity index is 507. The summed E-state index contributed by atoms with van der Waals surface area (Å²) in [6, 6.07) is 6.46. The maximum Gasteiger partial charge on any atom is 0.201 e. The first kappa shape index (κ1) is 10.2. The van der Waals surface area contributed by atoms with E-state index in [4.69, 9.17) is 5.73 Å². The molecule has 0 fully saturated rings. The molecule has 0 aliphatic heterocycles. The highest BCUT2D eigenvalue weighted by Gasteiger charge is 2.14. The lowest BCUT2D eigenvalue weighted by atomic mass is 10.1. The Morgan fingerprint density at radius 3 is 2.60 bits per heavy atom. The third-order valence-electron chi connectivity index (χ3n) is 2.19. The monoisotopic (exact) mass is 269 g/mol. The molecule has 15 heavy (non-hydrogen) atoms. The van der Waals surface area contributed by atoms with Gasteiger partial charge in [-0.25, -0.2) is 9.37 Å². The molecule has 0 amide bonds. The molecule has 2 N–H and O–H groups in total. The van der Waals surface area contributed by atoms with Crippen molar-refractivity contribution in [1.82, 2.24) is 9.55 Å². The molecule has 1 aromatic carbocycles. The average Bonchev–Trinajstić information content (AvgIpc) is 2.47. The molecule has 0 bridgehead atoms. The normalized spacial score (nSPS) is 10.6. The zero-order chi connectivity index (χ0) is 11.0. The maximum atomic E-state index is 13.5. The molecule has 1 aromatic heterocycles. The number of hydrogen-bond acceptors (Lipinski definition) is 2. The van der Waals surface area contributed by atoms with E-state index >= 15 is 0 Å². The van der Waals surface area contributed by atoms with E-state index in [9.17, 15) is 4.39 Å². The molecule has 0 saturated heterocycles. The third kappa shape index (κ3) is 1.63. The Hall–Kier alpha value is -1.36. The standard InChI is InChI=1S/C10H9BrFN3/c1-15-9(11)8(14-10(15)13)6-4-2-3-5-7(6)12/h2-5H,1H3,(H2,13,14). The number of halogens is 2. The van der Waals surface area contributed by atoms with Gasteiger partial charge in [0.2, 0.25) is 5.95 Å². The molecule has 0 radical (unpaired) electrons. The van der Waals surface area contributed by atoms with Gasteiger partial charge in [-0.3, -0.25) is 0 Å². The van der Waals surface area contributed by atoms with Crippen molar-refractivity contribution in [2.75, 3.05) is 5.73 Å². The number of nitrogens with two attached hydrogens (primary N) is 1. The van der Waals surface area contributed by atoms with Crippen LogP contribution in [0.1, 0.15) is 0 Å². The Balaban J connectivity index is 2.65. The van der Waals surface area contributed by atoms with Crippen LogP contribution in [0.5, 0.6) is 0 Å². The van der Waals surface area contributed by atoms with Gasteiger partial charge in [0.05, 0.1) is 0 Å². The smallest absolute Gasteiger partial charge is 0.201 e. The van der Waals surface area contributed by atoms with E-state index in [1.807, 2.05) is 0 Å². The summed E-state index contributed by atoms with van der Waals surface area (Å²) in [5.41, 5.74) is 6.59. The van der Waals surface area contributed by atoms with Gasteiger partial charge in [-0.2, -0.15) is 0 Å². The Morgan fingerprint density at radius 1 is 1.40 bits per heavy atom. The molecule has 2 aromatic rings. The van der Waals surface area contributed by atoms with Crippen LogP contribution in [0, 0.1) is 5.82 Å². The van der Waals surface area contributed by atoms with Gasteiger partial charge in [-0.05, 0) is 28.1 Å². The second-order valence-corrected chi connectivity index (χ2v) is 3.90. The molecule has 78 valence electrons. The molecule has 0 saturated carbocycles. The molecule has 0 atom stereocenters. The van der Waals surface area contributed by atoms with Gasteiger partial charge >= 0.3 is 0 Å². The summed E-state index contributed by atoms with van der Waals surface area (Å²) in [6.45, 7) is 0. The first-order valence-corrected chi connectivity index (χ1v) is 5.13. The van der Waals surface area contributed by atoms with E-state index in [1.54, 1.807) is 29.8 Å². The number of anilines is 1. The van der Waals surface area contributed by atoms with Crippen molar-refractivity contribution in [2.45, 2.75) is 0 Å². The molecule has 3 nitrogen and oxygen atoms in total. The van der Waals surface area contributed by atoms with Crippen molar-refractivity contribution in [3.63, 3.8) is 0 Å². The summed E-state index contributed by atoms with van der Waals surface area (Å²) < 4.78 is 15.8. The van der Waals surface area contributed by atoms with Gasteiger partial charge < -0.3 is 10.3 Å². The number of benzene rings is 1. The average molecular weight is 270 g/mol. The van der Waals surface area contributed by atoms with E-state index in [1.165, 1.54) is 6.07 Å². The summed E-state index contributed by atoms with van der Waals surface area (Å²) in [7, 11) is 1.76. The van der Waals surface area contributed by atoms with E-state index in [0.717, 1.165) is 0 Å². The zero-order valence-electron chi connectivity index (χ0n) is 8.04. The lowest BCUT2D eigenvalue weighted by molar-refractivity contribution is 0.630. The minimum atomic E-state index is -0.309. The highest BCUT2D eigenvalue weighted by molar-refractivity contribution is 9.10. The minimum absolute atomic E-state index is 0.309. The van der Waals surface area contributed by atoms with E-state index < -0.39 is 0 Å². The fourth-order valence-electron chi connectivity index (χ4n) is 1.32. The van der Waals surface area contributed by atoms with Gasteiger partial charge in [-0.15, -0.1) is 0 Å². The number of aromatic nitrogens is 2. The molecular formula is C10H9BrFN3. The SMILES string of the molecule is Cn1c(N)nc(-c2ccccc2F)c1Br. The summed E-state index contributed by atoms with van der Waals surface area (Å²) in [6.07, 6.45) is 0. The van der Waals surface area contributed by atoms with Crippen LogP contribution in [0.25, 0.3) is 11.3 Å². The van der Waals surface area contributed by atoms with Gasteiger partial charge in [0, 0.05) is 12.6 Å². The first-order valence-electron chi connectivity index (χ1n) is 4.34. The second-order valence-electron chi connectivity index (χ2n) is 3.15. The first-order chi connectivity index (χ1) is 7.11. The Labute approximate surface area is 94.9 Å². The zero-order valence-corrected chi connectivity index (χ0v) is 9.62. The minimum Gasteiger partial charge on any atom is -0.369 e. The van der Waals surface area contributed by atoms with Crippen LogP contribution in [0.2, 0.25) is 0 Å². The van der Waals surface area contributed by atoms with Crippen LogP contribution >= 0.6 is 15.9 Å². The highest BCUT2D eigenvalue weighted by atomic mass is 79.9. The van der Waals surface area contributed by atoms with Crippen LogP contribution in [0.3, 0.4) is 0 Å². The molecule has 2 rings (SSSR count). The predicted molar refractivity (Wildman–Crippen MR) is 60.7 cm³/mol. The van der Waals surface area contributed by atoms with Gasteiger partial charge in [0.15, 0.2) is 0 Å². The third-order valence-corrected chi connectivity index (χ3v) is 3.10. The van der Waals surface area contributed by atoms with Crippen LogP contribution in [-0.2, 0) is 7.05 Å². The molecule has 1 heterocycles. The Morgan fingerprint density at radius 2 is 2.07 bits per heavy atom. The van der Waals surface area contributed by atoms with Crippen LogP contribution in [0.4, 0.5) is 10.3 Å².